The minimum Gasteiger partial charge on any atom is -0.508 e. The highest BCUT2D eigenvalue weighted by Gasteiger charge is 2.34. The van der Waals surface area contributed by atoms with E-state index in [9.17, 15) is 14.7 Å². The SMILES string of the molecule is O=C1c2ccccc2C(=O)N1CCCCCCCCc1ccc(O)cc1. The Labute approximate surface area is 154 Å². The van der Waals surface area contributed by atoms with Crippen molar-refractivity contribution in [1.82, 2.24) is 4.90 Å². The van der Waals surface area contributed by atoms with Crippen molar-refractivity contribution in [3.05, 3.63) is 65.2 Å². The van der Waals surface area contributed by atoms with Gasteiger partial charge in [0, 0.05) is 6.54 Å². The molecule has 4 nitrogen and oxygen atoms in total. The number of fused-ring (bicyclic) bond motifs is 1. The molecule has 0 spiro atoms. The van der Waals surface area contributed by atoms with Gasteiger partial charge in [0.15, 0.2) is 0 Å². The zero-order valence-electron chi connectivity index (χ0n) is 15.0. The fourth-order valence-electron chi connectivity index (χ4n) is 3.41. The Bertz CT molecular complexity index is 732. The molecule has 2 aromatic carbocycles. The summed E-state index contributed by atoms with van der Waals surface area (Å²) < 4.78 is 0. The maximum atomic E-state index is 12.3. The Hall–Kier alpha value is -2.62. The maximum absolute atomic E-state index is 12.3. The van der Waals surface area contributed by atoms with E-state index in [1.165, 1.54) is 23.3 Å². The number of rotatable bonds is 9. The number of hydrogen-bond acceptors (Lipinski definition) is 3. The first-order valence-electron chi connectivity index (χ1n) is 9.40. The zero-order chi connectivity index (χ0) is 18.4. The standard InChI is InChI=1S/C22H25NO3/c24-18-14-12-17(13-15-18)9-5-3-1-2-4-8-16-23-21(25)19-10-6-7-11-20(19)22(23)26/h6-7,10-15,24H,1-5,8-9,16H2. The van der Waals surface area contributed by atoms with E-state index in [0.717, 1.165) is 32.1 Å². The van der Waals surface area contributed by atoms with Gasteiger partial charge in [0.2, 0.25) is 0 Å². The van der Waals surface area contributed by atoms with Crippen molar-refractivity contribution in [1.29, 1.82) is 0 Å². The molecule has 1 aliphatic heterocycles. The predicted octanol–water partition coefficient (Wildman–Crippen LogP) is 4.57. The van der Waals surface area contributed by atoms with Crippen LogP contribution in [0.25, 0.3) is 0 Å². The van der Waals surface area contributed by atoms with Crippen LogP contribution in [0, 0.1) is 0 Å². The Balaban J connectivity index is 1.29. The molecule has 2 amide bonds. The summed E-state index contributed by atoms with van der Waals surface area (Å²) in [6.45, 7) is 0.514. The van der Waals surface area contributed by atoms with Crippen molar-refractivity contribution < 1.29 is 14.7 Å². The Morgan fingerprint density at radius 3 is 1.85 bits per heavy atom. The average Bonchev–Trinajstić information content (AvgIpc) is 2.90. The summed E-state index contributed by atoms with van der Waals surface area (Å²) in [5.74, 6) is 0.00538. The second kappa shape index (κ2) is 8.65. The largest absolute Gasteiger partial charge is 0.508 e. The van der Waals surface area contributed by atoms with Gasteiger partial charge in [0.1, 0.15) is 5.75 Å². The summed E-state index contributed by atoms with van der Waals surface area (Å²) >= 11 is 0. The van der Waals surface area contributed by atoms with Gasteiger partial charge in [-0.2, -0.15) is 0 Å². The Kier molecular flexibility index (Phi) is 6.05. The first-order chi connectivity index (χ1) is 12.7. The molecular weight excluding hydrogens is 326 g/mol. The van der Waals surface area contributed by atoms with E-state index in [1.54, 1.807) is 36.4 Å². The van der Waals surface area contributed by atoms with Gasteiger partial charge in [-0.3, -0.25) is 14.5 Å². The van der Waals surface area contributed by atoms with Crippen LogP contribution in [0.2, 0.25) is 0 Å². The number of phenolic OH excluding ortho intramolecular Hbond substituents is 1. The molecule has 0 fully saturated rings. The van der Waals surface area contributed by atoms with Gasteiger partial charge in [-0.25, -0.2) is 0 Å². The molecule has 0 atom stereocenters. The number of unbranched alkanes of at least 4 members (excludes halogenated alkanes) is 5. The van der Waals surface area contributed by atoms with E-state index >= 15 is 0 Å². The molecule has 3 rings (SSSR count). The van der Waals surface area contributed by atoms with Crippen molar-refractivity contribution in [3.8, 4) is 5.75 Å². The summed E-state index contributed by atoms with van der Waals surface area (Å²) in [5.41, 5.74) is 2.33. The van der Waals surface area contributed by atoms with Gasteiger partial charge in [-0.05, 0) is 49.1 Å². The van der Waals surface area contributed by atoms with Gasteiger partial charge in [-0.1, -0.05) is 49.9 Å². The van der Waals surface area contributed by atoms with Gasteiger partial charge in [0.05, 0.1) is 11.1 Å². The third-order valence-electron chi connectivity index (χ3n) is 4.91. The van der Waals surface area contributed by atoms with E-state index < -0.39 is 0 Å². The monoisotopic (exact) mass is 351 g/mol. The Morgan fingerprint density at radius 1 is 0.692 bits per heavy atom. The number of phenols is 1. The predicted molar refractivity (Wildman–Crippen MR) is 101 cm³/mol. The van der Waals surface area contributed by atoms with Crippen LogP contribution >= 0.6 is 0 Å². The van der Waals surface area contributed by atoms with Crippen molar-refractivity contribution in [2.75, 3.05) is 6.54 Å². The number of carbonyl (C=O) groups excluding carboxylic acids is 2. The highest BCUT2D eigenvalue weighted by atomic mass is 16.3. The molecule has 0 bridgehead atoms. The second-order valence-corrected chi connectivity index (χ2v) is 6.85. The quantitative estimate of drug-likeness (QED) is 0.532. The normalized spacial score (nSPS) is 13.3. The molecule has 0 aliphatic carbocycles. The van der Waals surface area contributed by atoms with Crippen LogP contribution in [-0.4, -0.2) is 28.4 Å². The minimum atomic E-state index is -0.153. The highest BCUT2D eigenvalue weighted by Crippen LogP contribution is 2.23. The van der Waals surface area contributed by atoms with E-state index in [2.05, 4.69) is 0 Å². The number of aryl methyl sites for hydroxylation is 1. The molecule has 26 heavy (non-hydrogen) atoms. The van der Waals surface area contributed by atoms with Crippen molar-refractivity contribution in [2.45, 2.75) is 44.9 Å². The average molecular weight is 351 g/mol. The van der Waals surface area contributed by atoms with Crippen LogP contribution in [-0.2, 0) is 6.42 Å². The van der Waals surface area contributed by atoms with Crippen LogP contribution in [0.1, 0.15) is 64.8 Å². The molecule has 0 unspecified atom stereocenters. The fourth-order valence-corrected chi connectivity index (χ4v) is 3.41. The maximum Gasteiger partial charge on any atom is 0.261 e. The second-order valence-electron chi connectivity index (χ2n) is 6.85. The third kappa shape index (κ3) is 4.31. The van der Waals surface area contributed by atoms with E-state index in [1.807, 2.05) is 12.1 Å². The van der Waals surface area contributed by atoms with Crippen molar-refractivity contribution in [3.63, 3.8) is 0 Å². The summed E-state index contributed by atoms with van der Waals surface area (Å²) in [5, 5.41) is 9.27. The number of nitrogens with zero attached hydrogens (tertiary/aromatic N) is 1. The molecule has 0 saturated carbocycles. The van der Waals surface area contributed by atoms with Crippen LogP contribution in [0.4, 0.5) is 0 Å². The lowest BCUT2D eigenvalue weighted by Gasteiger charge is -2.13. The van der Waals surface area contributed by atoms with Crippen LogP contribution in [0.5, 0.6) is 5.75 Å². The van der Waals surface area contributed by atoms with Gasteiger partial charge < -0.3 is 5.11 Å². The lowest BCUT2D eigenvalue weighted by molar-refractivity contribution is 0.0651. The molecule has 0 aromatic heterocycles. The molecule has 1 aliphatic rings. The molecular formula is C22H25NO3. The number of benzene rings is 2. The summed E-state index contributed by atoms with van der Waals surface area (Å²) in [6.07, 6.45) is 7.54. The summed E-state index contributed by atoms with van der Waals surface area (Å²) in [4.78, 5) is 25.9. The van der Waals surface area contributed by atoms with Gasteiger partial charge >= 0.3 is 0 Å². The number of amides is 2. The first-order valence-corrected chi connectivity index (χ1v) is 9.40. The Morgan fingerprint density at radius 2 is 1.23 bits per heavy atom. The molecule has 1 heterocycles. The van der Waals surface area contributed by atoms with Gasteiger partial charge in [-0.15, -0.1) is 0 Å². The third-order valence-corrected chi connectivity index (χ3v) is 4.91. The number of carbonyl (C=O) groups is 2. The minimum absolute atomic E-state index is 0.153. The number of imide groups is 1. The van der Waals surface area contributed by atoms with E-state index in [4.69, 9.17) is 0 Å². The van der Waals surface area contributed by atoms with Crippen LogP contribution in [0.3, 0.4) is 0 Å². The zero-order valence-corrected chi connectivity index (χ0v) is 15.0. The van der Waals surface area contributed by atoms with Crippen LogP contribution in [0.15, 0.2) is 48.5 Å². The summed E-state index contributed by atoms with van der Waals surface area (Å²) in [6, 6.07) is 14.4. The lowest BCUT2D eigenvalue weighted by atomic mass is 10.0. The van der Waals surface area contributed by atoms with Crippen molar-refractivity contribution >= 4 is 11.8 Å². The fraction of sp³-hybridized carbons (Fsp3) is 0.364. The lowest BCUT2D eigenvalue weighted by Crippen LogP contribution is -2.30. The highest BCUT2D eigenvalue weighted by molar-refractivity contribution is 6.21. The topological polar surface area (TPSA) is 57.6 Å². The molecule has 4 heteroatoms. The van der Waals surface area contributed by atoms with Gasteiger partial charge in [0.25, 0.3) is 11.8 Å². The van der Waals surface area contributed by atoms with E-state index in [0.29, 0.717) is 23.4 Å². The molecule has 136 valence electrons. The molecule has 1 N–H and O–H groups in total. The van der Waals surface area contributed by atoms with Crippen LogP contribution < -0.4 is 0 Å². The smallest absolute Gasteiger partial charge is 0.261 e. The van der Waals surface area contributed by atoms with Crippen molar-refractivity contribution in [2.24, 2.45) is 0 Å². The molecule has 0 radical (unpaired) electrons. The summed E-state index contributed by atoms with van der Waals surface area (Å²) in [7, 11) is 0. The number of aromatic hydroxyl groups is 1. The molecule has 0 saturated heterocycles. The molecule has 2 aromatic rings. The van der Waals surface area contributed by atoms with E-state index in [-0.39, 0.29) is 11.8 Å². The first kappa shape index (κ1) is 18.2. The number of hydrogen-bond donors (Lipinski definition) is 1.